The van der Waals surface area contributed by atoms with E-state index < -0.39 is 11.8 Å². The molecule has 0 saturated carbocycles. The second-order valence-electron chi connectivity index (χ2n) is 3.11. The molecule has 1 aliphatic carbocycles. The average molecular weight is 188 g/mol. The zero-order chi connectivity index (χ0) is 10.1. The molecule has 0 spiro atoms. The van der Waals surface area contributed by atoms with E-state index in [-0.39, 0.29) is 0 Å². The van der Waals surface area contributed by atoms with Gasteiger partial charge in [0.2, 0.25) is 0 Å². The van der Waals surface area contributed by atoms with Crippen molar-refractivity contribution < 1.29 is 14.7 Å². The fourth-order valence-corrected chi connectivity index (χ4v) is 1.61. The van der Waals surface area contributed by atoms with Gasteiger partial charge in [0.15, 0.2) is 0 Å². The second kappa shape index (κ2) is 3.10. The molecule has 0 heterocycles. The van der Waals surface area contributed by atoms with Crippen LogP contribution in [0.3, 0.4) is 0 Å². The number of carbonyl (C=O) groups excluding carboxylic acids is 1. The van der Waals surface area contributed by atoms with Gasteiger partial charge < -0.3 is 5.11 Å². The molecule has 1 N–H and O–H groups in total. The molecule has 0 saturated heterocycles. The molecule has 0 aliphatic heterocycles. The average Bonchev–Trinajstić information content (AvgIpc) is 2.60. The minimum Gasteiger partial charge on any atom is -0.475 e. The van der Waals surface area contributed by atoms with Crippen LogP contribution < -0.4 is 0 Å². The van der Waals surface area contributed by atoms with Crippen LogP contribution in [0.1, 0.15) is 11.1 Å². The summed E-state index contributed by atoms with van der Waals surface area (Å²) in [6.45, 7) is 0. The Morgan fingerprint density at radius 3 is 2.64 bits per heavy atom. The number of rotatable bonds is 2. The number of fused-ring (bicyclic) bond motifs is 1. The van der Waals surface area contributed by atoms with Gasteiger partial charge in [-0.2, -0.15) is 0 Å². The van der Waals surface area contributed by atoms with E-state index in [0.29, 0.717) is 12.0 Å². The monoisotopic (exact) mass is 188 g/mol. The predicted octanol–water partition coefficient (Wildman–Crippen LogP) is 1.28. The third-order valence-electron chi connectivity index (χ3n) is 2.27. The van der Waals surface area contributed by atoms with E-state index in [2.05, 4.69) is 0 Å². The van der Waals surface area contributed by atoms with Gasteiger partial charge in [-0.15, -0.1) is 0 Å². The summed E-state index contributed by atoms with van der Waals surface area (Å²) in [5.74, 6) is -2.22. The third kappa shape index (κ3) is 1.23. The molecule has 2 rings (SSSR count). The third-order valence-corrected chi connectivity index (χ3v) is 2.27. The lowest BCUT2D eigenvalue weighted by atomic mass is 10.0. The Morgan fingerprint density at radius 1 is 1.21 bits per heavy atom. The molecule has 0 atom stereocenters. The van der Waals surface area contributed by atoms with Crippen molar-refractivity contribution in [2.45, 2.75) is 6.42 Å². The number of hydrogen-bond donors (Lipinski definition) is 1. The zero-order valence-electron chi connectivity index (χ0n) is 7.36. The fraction of sp³-hybridized carbons (Fsp3) is 0.0909. The van der Waals surface area contributed by atoms with Crippen LogP contribution in [0.15, 0.2) is 30.3 Å². The van der Waals surface area contributed by atoms with Gasteiger partial charge in [-0.25, -0.2) is 4.79 Å². The van der Waals surface area contributed by atoms with E-state index in [9.17, 15) is 9.59 Å². The van der Waals surface area contributed by atoms with Crippen LogP contribution in [-0.4, -0.2) is 16.9 Å². The highest BCUT2D eigenvalue weighted by atomic mass is 16.4. The van der Waals surface area contributed by atoms with Crippen molar-refractivity contribution >= 4 is 17.3 Å². The maximum Gasteiger partial charge on any atom is 0.377 e. The van der Waals surface area contributed by atoms with E-state index >= 15 is 0 Å². The number of carbonyl (C=O) groups is 2. The van der Waals surface area contributed by atoms with Gasteiger partial charge in [0, 0.05) is 5.57 Å². The van der Waals surface area contributed by atoms with Crippen LogP contribution in [0.5, 0.6) is 0 Å². The molecule has 0 aromatic heterocycles. The zero-order valence-corrected chi connectivity index (χ0v) is 7.36. The topological polar surface area (TPSA) is 54.4 Å². The highest BCUT2D eigenvalue weighted by molar-refractivity contribution is 6.51. The first-order valence-electron chi connectivity index (χ1n) is 4.26. The first-order chi connectivity index (χ1) is 6.70. The summed E-state index contributed by atoms with van der Waals surface area (Å²) < 4.78 is 0. The second-order valence-corrected chi connectivity index (χ2v) is 3.11. The Balaban J connectivity index is 2.43. The summed E-state index contributed by atoms with van der Waals surface area (Å²) in [5, 5.41) is 8.58. The van der Waals surface area contributed by atoms with Gasteiger partial charge in [-0.1, -0.05) is 30.3 Å². The lowest BCUT2D eigenvalue weighted by Gasteiger charge is -2.00. The largest absolute Gasteiger partial charge is 0.475 e. The summed E-state index contributed by atoms with van der Waals surface area (Å²) in [4.78, 5) is 21.7. The first-order valence-corrected chi connectivity index (χ1v) is 4.26. The summed E-state index contributed by atoms with van der Waals surface area (Å²) >= 11 is 0. The number of allylic oxidation sites excluding steroid dienone is 1. The Bertz CT molecular complexity index is 444. The molecule has 0 fully saturated rings. The van der Waals surface area contributed by atoms with E-state index in [1.165, 1.54) is 0 Å². The van der Waals surface area contributed by atoms with Gasteiger partial charge in [0.25, 0.3) is 5.78 Å². The Kier molecular flexibility index (Phi) is 1.93. The van der Waals surface area contributed by atoms with Crippen molar-refractivity contribution in [2.24, 2.45) is 0 Å². The maximum atomic E-state index is 11.2. The van der Waals surface area contributed by atoms with Crippen molar-refractivity contribution in [3.63, 3.8) is 0 Å². The number of benzene rings is 1. The number of Topliss-reactive ketones (excluding diaryl/α,β-unsaturated/α-hetero) is 1. The Morgan fingerprint density at radius 2 is 1.93 bits per heavy atom. The van der Waals surface area contributed by atoms with Crippen molar-refractivity contribution in [3.8, 4) is 0 Å². The van der Waals surface area contributed by atoms with Crippen LogP contribution in [0.25, 0.3) is 5.57 Å². The van der Waals surface area contributed by atoms with E-state index in [1.54, 1.807) is 18.2 Å². The van der Waals surface area contributed by atoms with Gasteiger partial charge in [-0.3, -0.25) is 4.79 Å². The molecule has 0 radical (unpaired) electrons. The van der Waals surface area contributed by atoms with Crippen LogP contribution in [-0.2, 0) is 16.0 Å². The molecular weight excluding hydrogens is 180 g/mol. The lowest BCUT2D eigenvalue weighted by Crippen LogP contribution is -2.13. The number of carboxylic acids is 1. The number of carboxylic acid groups (broad SMARTS) is 1. The molecular formula is C11H8O3. The summed E-state index contributed by atoms with van der Waals surface area (Å²) in [5.41, 5.74) is 2.07. The molecule has 14 heavy (non-hydrogen) atoms. The number of aliphatic carboxylic acids is 1. The molecule has 1 aliphatic rings. The molecule has 1 aromatic rings. The standard InChI is InChI=1S/C11H8O3/c12-10(11(13)14)9-6-5-7-3-1-2-4-8(7)9/h1-4,6H,5H2,(H,13,14). The molecule has 3 heteroatoms. The Labute approximate surface area is 80.7 Å². The molecule has 1 aromatic carbocycles. The summed E-state index contributed by atoms with van der Waals surface area (Å²) in [6.07, 6.45) is 2.31. The summed E-state index contributed by atoms with van der Waals surface area (Å²) in [6, 6.07) is 7.34. The van der Waals surface area contributed by atoms with E-state index in [0.717, 1.165) is 11.1 Å². The molecule has 70 valence electrons. The van der Waals surface area contributed by atoms with Crippen molar-refractivity contribution in [1.29, 1.82) is 0 Å². The minimum absolute atomic E-state index is 0.313. The normalized spacial score (nSPS) is 13.3. The summed E-state index contributed by atoms with van der Waals surface area (Å²) in [7, 11) is 0. The predicted molar refractivity (Wildman–Crippen MR) is 50.8 cm³/mol. The quantitative estimate of drug-likeness (QED) is 0.711. The van der Waals surface area contributed by atoms with Crippen LogP contribution >= 0.6 is 0 Å². The number of hydrogen-bond acceptors (Lipinski definition) is 2. The van der Waals surface area contributed by atoms with Crippen LogP contribution in [0, 0.1) is 0 Å². The fourth-order valence-electron chi connectivity index (χ4n) is 1.61. The van der Waals surface area contributed by atoms with Gasteiger partial charge >= 0.3 is 5.97 Å². The van der Waals surface area contributed by atoms with Crippen LogP contribution in [0.2, 0.25) is 0 Å². The smallest absolute Gasteiger partial charge is 0.377 e. The molecule has 3 nitrogen and oxygen atoms in total. The highest BCUT2D eigenvalue weighted by Gasteiger charge is 2.24. The van der Waals surface area contributed by atoms with Crippen LogP contribution in [0.4, 0.5) is 0 Å². The van der Waals surface area contributed by atoms with Crippen molar-refractivity contribution in [2.75, 3.05) is 0 Å². The SMILES string of the molecule is O=C(O)C(=O)C1=CCc2ccccc21. The molecule has 0 bridgehead atoms. The van der Waals surface area contributed by atoms with E-state index in [4.69, 9.17) is 5.11 Å². The maximum absolute atomic E-state index is 11.2. The van der Waals surface area contributed by atoms with Gasteiger partial charge in [0.05, 0.1) is 0 Å². The van der Waals surface area contributed by atoms with Crippen molar-refractivity contribution in [3.05, 3.63) is 41.5 Å². The Hall–Kier alpha value is -1.90. The van der Waals surface area contributed by atoms with Gasteiger partial charge in [-0.05, 0) is 17.5 Å². The molecule has 0 amide bonds. The van der Waals surface area contributed by atoms with Crippen molar-refractivity contribution in [1.82, 2.24) is 0 Å². The molecule has 0 unspecified atom stereocenters. The van der Waals surface area contributed by atoms with E-state index in [1.807, 2.05) is 12.1 Å². The lowest BCUT2D eigenvalue weighted by molar-refractivity contribution is -0.146. The minimum atomic E-state index is -1.40. The van der Waals surface area contributed by atoms with Gasteiger partial charge in [0.1, 0.15) is 0 Å². The number of ketones is 1. The first kappa shape index (κ1) is 8.69. The highest BCUT2D eigenvalue weighted by Crippen LogP contribution is 2.27.